The molecule has 0 saturated heterocycles. The highest BCUT2D eigenvalue weighted by molar-refractivity contribution is 5.95. The number of ether oxygens (including phenoxy) is 3. The van der Waals surface area contributed by atoms with Crippen LogP contribution in [0.1, 0.15) is 17.3 Å². The van der Waals surface area contributed by atoms with Gasteiger partial charge in [-0.2, -0.15) is 0 Å². The van der Waals surface area contributed by atoms with Crippen molar-refractivity contribution in [3.8, 4) is 5.75 Å². The summed E-state index contributed by atoms with van der Waals surface area (Å²) in [6.07, 6.45) is -1.27. The van der Waals surface area contributed by atoms with E-state index >= 15 is 0 Å². The van der Waals surface area contributed by atoms with Crippen LogP contribution >= 0.6 is 0 Å². The summed E-state index contributed by atoms with van der Waals surface area (Å²) < 4.78 is 16.0. The third kappa shape index (κ3) is 7.36. The summed E-state index contributed by atoms with van der Waals surface area (Å²) in [5.41, 5.74) is 0.399. The fourth-order valence-electron chi connectivity index (χ4n) is 2.83. The average molecular weight is 444 g/mol. The van der Waals surface area contributed by atoms with Gasteiger partial charge < -0.3 is 30.0 Å². The van der Waals surface area contributed by atoms with E-state index in [0.29, 0.717) is 17.9 Å². The summed E-state index contributed by atoms with van der Waals surface area (Å²) >= 11 is 0. The average Bonchev–Trinajstić information content (AvgIpc) is 2.84. The molecule has 3 atom stereocenters. The summed E-state index contributed by atoms with van der Waals surface area (Å²) in [4.78, 5) is 37.7. The van der Waals surface area contributed by atoms with Gasteiger partial charge in [0.25, 0.3) is 11.8 Å². The number of aliphatic hydroxyl groups is 1. The lowest BCUT2D eigenvalue weighted by atomic mass is 10.1. The fraction of sp³-hybridized carbons (Fsp3) is 0.348. The van der Waals surface area contributed by atoms with Crippen molar-refractivity contribution in [2.45, 2.75) is 25.1 Å². The summed E-state index contributed by atoms with van der Waals surface area (Å²) in [6, 6.07) is 14.9. The number of nitrogens with one attached hydrogen (secondary N) is 2. The number of benzene rings is 2. The Balaban J connectivity index is 2.31. The number of amides is 2. The normalized spacial score (nSPS) is 13.3. The van der Waals surface area contributed by atoms with Crippen molar-refractivity contribution in [2.24, 2.45) is 0 Å². The van der Waals surface area contributed by atoms with Gasteiger partial charge in [0.15, 0.2) is 12.1 Å². The lowest BCUT2D eigenvalue weighted by molar-refractivity contribution is -0.147. The molecule has 0 heterocycles. The molecule has 2 rings (SSSR count). The van der Waals surface area contributed by atoms with E-state index in [9.17, 15) is 19.5 Å². The zero-order valence-corrected chi connectivity index (χ0v) is 18.0. The van der Waals surface area contributed by atoms with E-state index in [1.165, 1.54) is 0 Å². The van der Waals surface area contributed by atoms with Gasteiger partial charge in [0, 0.05) is 12.2 Å². The van der Waals surface area contributed by atoms with Gasteiger partial charge in [-0.15, -0.1) is 0 Å². The van der Waals surface area contributed by atoms with E-state index in [0.717, 1.165) is 7.11 Å². The summed E-state index contributed by atoms with van der Waals surface area (Å²) in [5, 5.41) is 14.7. The summed E-state index contributed by atoms with van der Waals surface area (Å²) in [6.45, 7) is 1.44. The SMILES string of the molecule is CCOC[C@H](NC(=O)c1ccccc1)[C@@H](Oc1ccccc1)C(=O)N[C@@H](CO)C(=O)OC. The molecular formula is C23H28N2O7. The first-order valence-electron chi connectivity index (χ1n) is 10.1. The topological polar surface area (TPSA) is 123 Å². The first-order chi connectivity index (χ1) is 15.5. The largest absolute Gasteiger partial charge is 0.478 e. The number of carbonyl (C=O) groups excluding carboxylic acids is 3. The third-order valence-electron chi connectivity index (χ3n) is 4.47. The molecule has 32 heavy (non-hydrogen) atoms. The Labute approximate surface area is 186 Å². The molecule has 0 saturated carbocycles. The highest BCUT2D eigenvalue weighted by Crippen LogP contribution is 2.14. The molecule has 0 bridgehead atoms. The molecule has 3 N–H and O–H groups in total. The highest BCUT2D eigenvalue weighted by Gasteiger charge is 2.35. The first-order valence-corrected chi connectivity index (χ1v) is 10.1. The smallest absolute Gasteiger partial charge is 0.330 e. The lowest BCUT2D eigenvalue weighted by Crippen LogP contribution is -2.58. The Bertz CT molecular complexity index is 861. The molecule has 0 spiro atoms. The first kappa shape index (κ1) is 24.8. The van der Waals surface area contributed by atoms with Crippen molar-refractivity contribution in [3.63, 3.8) is 0 Å². The van der Waals surface area contributed by atoms with Crippen LogP contribution in [0.5, 0.6) is 5.75 Å². The summed E-state index contributed by atoms with van der Waals surface area (Å²) in [5.74, 6) is -1.58. The van der Waals surface area contributed by atoms with E-state index in [1.54, 1.807) is 67.6 Å². The maximum atomic E-state index is 13.1. The molecule has 2 aromatic rings. The predicted molar refractivity (Wildman–Crippen MR) is 116 cm³/mol. The van der Waals surface area contributed by atoms with Crippen molar-refractivity contribution < 1.29 is 33.7 Å². The predicted octanol–water partition coefficient (Wildman–Crippen LogP) is 0.919. The van der Waals surface area contributed by atoms with E-state index < -0.39 is 42.6 Å². The number of aliphatic hydroxyl groups excluding tert-OH is 1. The second-order valence-corrected chi connectivity index (χ2v) is 6.72. The molecule has 0 aliphatic carbocycles. The van der Waals surface area contributed by atoms with Crippen molar-refractivity contribution in [1.29, 1.82) is 0 Å². The van der Waals surface area contributed by atoms with Crippen LogP contribution in [0.15, 0.2) is 60.7 Å². The third-order valence-corrected chi connectivity index (χ3v) is 4.47. The van der Waals surface area contributed by atoms with Crippen LogP contribution in [-0.4, -0.2) is 68.0 Å². The Morgan fingerprint density at radius 3 is 2.16 bits per heavy atom. The van der Waals surface area contributed by atoms with Gasteiger partial charge in [-0.05, 0) is 31.2 Å². The number of para-hydroxylation sites is 1. The molecule has 0 fully saturated rings. The number of carbonyl (C=O) groups is 3. The van der Waals surface area contributed by atoms with E-state index in [4.69, 9.17) is 9.47 Å². The second-order valence-electron chi connectivity index (χ2n) is 6.72. The molecule has 172 valence electrons. The van der Waals surface area contributed by atoms with Gasteiger partial charge in [0.2, 0.25) is 0 Å². The van der Waals surface area contributed by atoms with Crippen LogP contribution in [0.4, 0.5) is 0 Å². The Hall–Kier alpha value is -3.43. The quantitative estimate of drug-likeness (QED) is 0.416. The van der Waals surface area contributed by atoms with Crippen molar-refractivity contribution in [2.75, 3.05) is 26.9 Å². The van der Waals surface area contributed by atoms with Gasteiger partial charge in [-0.25, -0.2) is 4.79 Å². The lowest BCUT2D eigenvalue weighted by Gasteiger charge is -2.29. The van der Waals surface area contributed by atoms with Crippen molar-refractivity contribution >= 4 is 17.8 Å². The van der Waals surface area contributed by atoms with Crippen LogP contribution in [0.2, 0.25) is 0 Å². The molecule has 0 aliphatic heterocycles. The zero-order chi connectivity index (χ0) is 23.3. The van der Waals surface area contributed by atoms with Gasteiger partial charge >= 0.3 is 5.97 Å². The maximum absolute atomic E-state index is 13.1. The van der Waals surface area contributed by atoms with Crippen LogP contribution in [0.3, 0.4) is 0 Å². The maximum Gasteiger partial charge on any atom is 0.330 e. The van der Waals surface area contributed by atoms with Crippen LogP contribution in [0.25, 0.3) is 0 Å². The highest BCUT2D eigenvalue weighted by atomic mass is 16.5. The van der Waals surface area contributed by atoms with Crippen LogP contribution < -0.4 is 15.4 Å². The minimum Gasteiger partial charge on any atom is -0.478 e. The van der Waals surface area contributed by atoms with Crippen LogP contribution in [-0.2, 0) is 19.1 Å². The molecule has 9 nitrogen and oxygen atoms in total. The number of esters is 1. The molecule has 0 unspecified atom stereocenters. The van der Waals surface area contributed by atoms with Gasteiger partial charge in [-0.1, -0.05) is 36.4 Å². The van der Waals surface area contributed by atoms with Crippen molar-refractivity contribution in [3.05, 3.63) is 66.2 Å². The Morgan fingerprint density at radius 1 is 0.969 bits per heavy atom. The Morgan fingerprint density at radius 2 is 1.59 bits per heavy atom. The monoisotopic (exact) mass is 444 g/mol. The minimum absolute atomic E-state index is 0.0258. The standard InChI is InChI=1S/C23H28N2O7/c1-3-31-15-19(25-21(27)16-10-6-4-7-11-16)20(32-17-12-8-5-9-13-17)22(28)24-18(14-26)23(29)30-2/h4-13,18-20,26H,3,14-15H2,1-2H3,(H,24,28)(H,25,27)/t18-,19-,20+/m0/s1. The minimum atomic E-state index is -1.29. The second kappa shape index (κ2) is 13.1. The fourth-order valence-corrected chi connectivity index (χ4v) is 2.83. The van der Waals surface area contributed by atoms with E-state index in [2.05, 4.69) is 15.4 Å². The van der Waals surface area contributed by atoms with Crippen molar-refractivity contribution in [1.82, 2.24) is 10.6 Å². The number of methoxy groups -OCH3 is 1. The van der Waals surface area contributed by atoms with Gasteiger partial charge in [0.1, 0.15) is 5.75 Å². The van der Waals surface area contributed by atoms with Crippen LogP contribution in [0, 0.1) is 0 Å². The number of hydrogen-bond donors (Lipinski definition) is 3. The number of rotatable bonds is 12. The van der Waals surface area contributed by atoms with Gasteiger partial charge in [0.05, 0.1) is 26.4 Å². The molecule has 0 radical (unpaired) electrons. The Kier molecular flexibility index (Phi) is 10.2. The van der Waals surface area contributed by atoms with E-state index in [-0.39, 0.29) is 6.61 Å². The molecule has 2 amide bonds. The number of hydrogen-bond acceptors (Lipinski definition) is 7. The van der Waals surface area contributed by atoms with Gasteiger partial charge in [-0.3, -0.25) is 9.59 Å². The molecule has 0 aromatic heterocycles. The molecular weight excluding hydrogens is 416 g/mol. The molecule has 0 aliphatic rings. The van der Waals surface area contributed by atoms with E-state index in [1.807, 2.05) is 0 Å². The summed E-state index contributed by atoms with van der Waals surface area (Å²) in [7, 11) is 1.15. The molecule has 2 aromatic carbocycles. The zero-order valence-electron chi connectivity index (χ0n) is 18.0. The molecule has 9 heteroatoms.